The van der Waals surface area contributed by atoms with Crippen molar-refractivity contribution in [2.45, 2.75) is 19.3 Å². The van der Waals surface area contributed by atoms with Crippen LogP contribution in [-0.2, 0) is 0 Å². The average Bonchev–Trinajstić information content (AvgIpc) is 3.07. The van der Waals surface area contributed by atoms with Gasteiger partial charge < -0.3 is 14.2 Å². The van der Waals surface area contributed by atoms with Crippen molar-refractivity contribution in [3.63, 3.8) is 0 Å². The van der Waals surface area contributed by atoms with Crippen molar-refractivity contribution in [2.75, 3.05) is 19.9 Å². The number of hydrogen-bond acceptors (Lipinski definition) is 5. The summed E-state index contributed by atoms with van der Waals surface area (Å²) in [4.78, 5) is 0. The zero-order chi connectivity index (χ0) is 13.4. The zero-order valence-corrected chi connectivity index (χ0v) is 11.2. The molecule has 0 atom stereocenters. The third-order valence-corrected chi connectivity index (χ3v) is 4.06. The molecule has 0 aromatic heterocycles. The first-order valence-corrected chi connectivity index (χ1v) is 7.03. The van der Waals surface area contributed by atoms with Gasteiger partial charge in [-0.05, 0) is 30.9 Å². The molecule has 5 nitrogen and oxygen atoms in total. The summed E-state index contributed by atoms with van der Waals surface area (Å²) in [7, 11) is 0. The number of rotatable bonds is 4. The minimum atomic E-state index is 0.260. The van der Waals surface area contributed by atoms with Crippen molar-refractivity contribution >= 4 is 5.57 Å². The summed E-state index contributed by atoms with van der Waals surface area (Å²) in [5, 5.41) is 7.95. The van der Waals surface area contributed by atoms with Crippen LogP contribution in [0.3, 0.4) is 0 Å². The lowest BCUT2D eigenvalue weighted by molar-refractivity contribution is 0.172. The molecule has 0 N–H and O–H groups in total. The van der Waals surface area contributed by atoms with Gasteiger partial charge in [0.1, 0.15) is 5.75 Å². The molecule has 0 unspecified atom stereocenters. The fourth-order valence-electron chi connectivity index (χ4n) is 2.66. The van der Waals surface area contributed by atoms with E-state index >= 15 is 0 Å². The average molecular weight is 272 g/mol. The summed E-state index contributed by atoms with van der Waals surface area (Å²) < 4.78 is 17.1. The highest BCUT2D eigenvalue weighted by Gasteiger charge is 2.26. The molecule has 5 heteroatoms. The van der Waals surface area contributed by atoms with Crippen LogP contribution in [0.2, 0.25) is 0 Å². The molecule has 1 aliphatic carbocycles. The van der Waals surface area contributed by atoms with Crippen LogP contribution in [0.4, 0.5) is 0 Å². The topological polar surface area (TPSA) is 52.4 Å². The molecule has 1 fully saturated rings. The molecule has 0 radical (unpaired) electrons. The molecule has 0 saturated heterocycles. The van der Waals surface area contributed by atoms with Gasteiger partial charge in [-0.2, -0.15) is 10.2 Å². The van der Waals surface area contributed by atoms with Gasteiger partial charge in [0.25, 0.3) is 0 Å². The second-order valence-corrected chi connectivity index (χ2v) is 5.35. The lowest BCUT2D eigenvalue weighted by Gasteiger charge is -2.26. The van der Waals surface area contributed by atoms with Crippen LogP contribution < -0.4 is 14.2 Å². The van der Waals surface area contributed by atoms with Gasteiger partial charge in [-0.25, -0.2) is 0 Å². The third-order valence-electron chi connectivity index (χ3n) is 4.06. The Balaban J connectivity index is 1.66. The van der Waals surface area contributed by atoms with Crippen LogP contribution in [0, 0.1) is 5.92 Å². The number of fused-ring (bicyclic) bond motifs is 1. The molecular formula is C15H16N2O3. The van der Waals surface area contributed by atoms with E-state index in [2.05, 4.69) is 10.2 Å². The molecular weight excluding hydrogens is 256 g/mol. The van der Waals surface area contributed by atoms with Crippen molar-refractivity contribution in [2.24, 2.45) is 16.1 Å². The van der Waals surface area contributed by atoms with Crippen LogP contribution >= 0.6 is 0 Å². The second kappa shape index (κ2) is 4.81. The van der Waals surface area contributed by atoms with Crippen molar-refractivity contribution in [1.82, 2.24) is 0 Å². The first-order chi connectivity index (χ1) is 9.92. The minimum absolute atomic E-state index is 0.260. The van der Waals surface area contributed by atoms with Gasteiger partial charge in [-0.3, -0.25) is 0 Å². The van der Waals surface area contributed by atoms with Gasteiger partial charge in [-0.15, -0.1) is 0 Å². The van der Waals surface area contributed by atoms with Gasteiger partial charge in [0, 0.05) is 5.57 Å². The summed E-state index contributed by atoms with van der Waals surface area (Å²) >= 11 is 0. The molecule has 20 heavy (non-hydrogen) atoms. The second-order valence-electron chi connectivity index (χ2n) is 5.35. The molecule has 4 rings (SSSR count). The van der Waals surface area contributed by atoms with Gasteiger partial charge in [0.2, 0.25) is 6.79 Å². The van der Waals surface area contributed by atoms with Gasteiger partial charge in [0.15, 0.2) is 11.5 Å². The Morgan fingerprint density at radius 1 is 1.25 bits per heavy atom. The van der Waals surface area contributed by atoms with Gasteiger partial charge >= 0.3 is 0 Å². The van der Waals surface area contributed by atoms with Crippen molar-refractivity contribution in [3.05, 3.63) is 23.9 Å². The summed E-state index contributed by atoms with van der Waals surface area (Å²) in [6, 6.07) is 3.87. The fourth-order valence-corrected chi connectivity index (χ4v) is 2.66. The Bertz CT molecular complexity index is 591. The van der Waals surface area contributed by atoms with Gasteiger partial charge in [0.05, 0.1) is 24.9 Å². The Kier molecular flexibility index (Phi) is 2.83. The van der Waals surface area contributed by atoms with Crippen LogP contribution in [0.5, 0.6) is 17.2 Å². The predicted molar refractivity (Wildman–Crippen MR) is 73.1 cm³/mol. The number of benzene rings is 1. The van der Waals surface area contributed by atoms with E-state index in [4.69, 9.17) is 14.2 Å². The summed E-state index contributed by atoms with van der Waals surface area (Å²) in [6.45, 7) is 1.60. The Morgan fingerprint density at radius 2 is 2.20 bits per heavy atom. The molecule has 3 aliphatic rings. The standard InChI is InChI=1S/C15H16N2O3/c1-2-10(3-1)8-18-12-4-5-13-15(20-9-19-13)14(12)11-6-16-17-7-11/h4-6,10H,1-3,7-9H2. The highest BCUT2D eigenvalue weighted by atomic mass is 16.7. The third kappa shape index (κ3) is 1.94. The van der Waals surface area contributed by atoms with E-state index in [1.807, 2.05) is 12.1 Å². The largest absolute Gasteiger partial charge is 0.493 e. The smallest absolute Gasteiger partial charge is 0.231 e. The van der Waals surface area contributed by atoms with Crippen LogP contribution in [0.1, 0.15) is 24.8 Å². The van der Waals surface area contributed by atoms with Gasteiger partial charge in [-0.1, -0.05) is 6.42 Å². The van der Waals surface area contributed by atoms with E-state index in [1.165, 1.54) is 19.3 Å². The van der Waals surface area contributed by atoms with E-state index < -0.39 is 0 Å². The maximum absolute atomic E-state index is 6.02. The van der Waals surface area contributed by atoms with E-state index in [1.54, 1.807) is 6.20 Å². The number of azo groups is 1. The van der Waals surface area contributed by atoms with Crippen LogP contribution in [0.25, 0.3) is 5.57 Å². The van der Waals surface area contributed by atoms with Crippen LogP contribution in [0.15, 0.2) is 28.6 Å². The number of nitrogens with zero attached hydrogens (tertiary/aromatic N) is 2. The lowest BCUT2D eigenvalue weighted by atomic mass is 9.86. The maximum atomic E-state index is 6.02. The lowest BCUT2D eigenvalue weighted by Crippen LogP contribution is -2.19. The van der Waals surface area contributed by atoms with E-state index in [9.17, 15) is 0 Å². The Labute approximate surface area is 117 Å². The molecule has 2 heterocycles. The quantitative estimate of drug-likeness (QED) is 0.844. The van der Waals surface area contributed by atoms with E-state index in [0.29, 0.717) is 12.5 Å². The van der Waals surface area contributed by atoms with Crippen molar-refractivity contribution in [3.8, 4) is 17.2 Å². The predicted octanol–water partition coefficient (Wildman–Crippen LogP) is 3.40. The van der Waals surface area contributed by atoms with E-state index in [-0.39, 0.29) is 6.79 Å². The first kappa shape index (κ1) is 11.8. The Hall–Kier alpha value is -2.04. The monoisotopic (exact) mass is 272 g/mol. The zero-order valence-electron chi connectivity index (χ0n) is 11.2. The molecule has 1 aromatic carbocycles. The molecule has 0 bridgehead atoms. The summed E-state index contributed by atoms with van der Waals surface area (Å²) in [6.07, 6.45) is 5.64. The normalized spacial score (nSPS) is 19.9. The SMILES string of the molecule is C1=C(c2c(OCC3CCC3)ccc3c2OCO3)CN=N1. The Morgan fingerprint density at radius 3 is 2.95 bits per heavy atom. The molecule has 104 valence electrons. The first-order valence-electron chi connectivity index (χ1n) is 7.03. The van der Waals surface area contributed by atoms with Crippen LogP contribution in [-0.4, -0.2) is 19.9 Å². The maximum Gasteiger partial charge on any atom is 0.231 e. The number of hydrogen-bond donors (Lipinski definition) is 0. The molecule has 2 aliphatic heterocycles. The molecule has 1 aromatic rings. The van der Waals surface area contributed by atoms with E-state index in [0.717, 1.165) is 35.0 Å². The fraction of sp³-hybridized carbons (Fsp3) is 0.467. The summed E-state index contributed by atoms with van der Waals surface area (Å²) in [5.74, 6) is 3.07. The molecule has 1 saturated carbocycles. The molecule has 0 spiro atoms. The van der Waals surface area contributed by atoms with Crippen molar-refractivity contribution in [1.29, 1.82) is 0 Å². The summed E-state index contributed by atoms with van der Waals surface area (Å²) in [5.41, 5.74) is 1.97. The number of ether oxygens (including phenoxy) is 3. The highest BCUT2D eigenvalue weighted by Crippen LogP contribution is 2.45. The van der Waals surface area contributed by atoms with Crippen molar-refractivity contribution < 1.29 is 14.2 Å². The highest BCUT2D eigenvalue weighted by molar-refractivity contribution is 5.79. The molecule has 0 amide bonds. The minimum Gasteiger partial charge on any atom is -0.493 e.